The van der Waals surface area contributed by atoms with E-state index in [-0.39, 0.29) is 5.39 Å². The first-order valence-electron chi connectivity index (χ1n) is 8.44. The van der Waals surface area contributed by atoms with E-state index < -0.39 is 76.9 Å². The Morgan fingerprint density at radius 3 is 2.16 bits per heavy atom. The van der Waals surface area contributed by atoms with E-state index in [9.17, 15) is 53.4 Å². The highest BCUT2D eigenvalue weighted by Crippen LogP contribution is 2.55. The van der Waals surface area contributed by atoms with Crippen molar-refractivity contribution in [3.8, 4) is 5.75 Å². The van der Waals surface area contributed by atoms with Gasteiger partial charge >= 0.3 is 11.8 Å². The fraction of sp³-hybridized carbons (Fsp3) is 0.235. The predicted octanol–water partition coefficient (Wildman–Crippen LogP) is 2.82. The zero-order valence-corrected chi connectivity index (χ0v) is 17.1. The van der Waals surface area contributed by atoms with Gasteiger partial charge in [0.2, 0.25) is 5.91 Å². The quantitative estimate of drug-likeness (QED) is 0.278. The molecule has 2 aromatic carbocycles. The number of carbonyl (C=O) groups is 1. The topological polar surface area (TPSA) is 158 Å². The molecule has 1 atom stereocenters. The molecule has 4 N–H and O–H groups in total. The van der Waals surface area contributed by atoms with Crippen LogP contribution >= 0.6 is 0 Å². The van der Waals surface area contributed by atoms with E-state index >= 15 is 0 Å². The van der Waals surface area contributed by atoms with E-state index in [0.29, 0.717) is 24.3 Å². The summed E-state index contributed by atoms with van der Waals surface area (Å²) in [5, 5.41) is 11.3. The Bertz CT molecular complexity index is 1370. The van der Waals surface area contributed by atoms with Crippen molar-refractivity contribution < 1.29 is 53.4 Å². The van der Waals surface area contributed by atoms with Crippen LogP contribution in [-0.4, -0.2) is 48.8 Å². The lowest BCUT2D eigenvalue weighted by atomic mass is 9.76. The molecule has 2 aromatic rings. The summed E-state index contributed by atoms with van der Waals surface area (Å²) in [5.74, 6) is -12.6. The van der Waals surface area contributed by atoms with Gasteiger partial charge in [0, 0.05) is 23.3 Å². The summed E-state index contributed by atoms with van der Waals surface area (Å²) < 4.78 is 117. The van der Waals surface area contributed by atoms with E-state index in [1.165, 1.54) is 0 Å². The third-order valence-electron chi connectivity index (χ3n) is 4.78. The fourth-order valence-electron chi connectivity index (χ4n) is 3.10. The molecule has 0 aromatic heterocycles. The molecular weight excluding hydrogens is 486 g/mol. The van der Waals surface area contributed by atoms with Crippen molar-refractivity contribution >= 4 is 42.6 Å². The predicted molar refractivity (Wildman–Crippen MR) is 101 cm³/mol. The average Bonchev–Trinajstić information content (AvgIpc) is 2.63. The van der Waals surface area contributed by atoms with E-state index in [2.05, 4.69) is 0 Å². The van der Waals surface area contributed by atoms with Crippen LogP contribution < -0.4 is 5.32 Å². The van der Waals surface area contributed by atoms with Crippen LogP contribution in [0.15, 0.2) is 46.2 Å². The van der Waals surface area contributed by atoms with E-state index in [0.717, 1.165) is 12.1 Å². The summed E-state index contributed by atoms with van der Waals surface area (Å²) in [6, 6.07) is 3.03. The fourth-order valence-corrected chi connectivity index (χ4v) is 4.29. The first kappa shape index (κ1) is 23.9. The standard InChI is InChI=1S/C17H13F4NO8S2/c18-16(19)7-8(17(16,20)21)1-4-14(24)22-15-11-5-9(31(25,26)27)6-12(23)10(11)2-3-13(15)32(28,29)30/h1-6,8,23H,7H2,(H,22,24)(H,25,26,27)(H,28,29,30). The Balaban J connectivity index is 2.08. The van der Waals surface area contributed by atoms with Crippen LogP contribution in [0, 0.1) is 5.92 Å². The van der Waals surface area contributed by atoms with Crippen LogP contribution in [-0.2, 0) is 25.0 Å². The summed E-state index contributed by atoms with van der Waals surface area (Å²) in [5.41, 5.74) is -0.758. The van der Waals surface area contributed by atoms with Crippen LogP contribution in [0.5, 0.6) is 5.75 Å². The van der Waals surface area contributed by atoms with Gasteiger partial charge in [-0.15, -0.1) is 0 Å². The van der Waals surface area contributed by atoms with E-state index in [1.807, 2.05) is 5.32 Å². The van der Waals surface area contributed by atoms with Gasteiger partial charge in [-0.3, -0.25) is 13.9 Å². The third kappa shape index (κ3) is 4.15. The minimum Gasteiger partial charge on any atom is -0.507 e. The number of nitrogens with one attached hydrogen (secondary N) is 1. The van der Waals surface area contributed by atoms with Crippen LogP contribution in [0.2, 0.25) is 0 Å². The Labute approximate surface area is 177 Å². The third-order valence-corrected chi connectivity index (χ3v) is 6.51. The van der Waals surface area contributed by atoms with Crippen molar-refractivity contribution in [3.63, 3.8) is 0 Å². The number of phenolic OH excluding ortho intramolecular Hbond substituents is 1. The summed E-state index contributed by atoms with van der Waals surface area (Å²) in [4.78, 5) is 10.3. The van der Waals surface area contributed by atoms with Crippen molar-refractivity contribution in [1.82, 2.24) is 0 Å². The summed E-state index contributed by atoms with van der Waals surface area (Å²) in [6.07, 6.45) is -0.293. The van der Waals surface area contributed by atoms with Gasteiger partial charge in [-0.1, -0.05) is 6.08 Å². The highest BCUT2D eigenvalue weighted by Gasteiger charge is 2.70. The van der Waals surface area contributed by atoms with Gasteiger partial charge < -0.3 is 10.4 Å². The smallest absolute Gasteiger partial charge is 0.316 e. The Morgan fingerprint density at radius 1 is 1.03 bits per heavy atom. The van der Waals surface area contributed by atoms with Gasteiger partial charge in [-0.2, -0.15) is 34.4 Å². The number of rotatable bonds is 5. The molecule has 0 radical (unpaired) electrons. The van der Waals surface area contributed by atoms with Crippen LogP contribution in [0.25, 0.3) is 10.8 Å². The highest BCUT2D eigenvalue weighted by atomic mass is 32.2. The number of phenols is 1. The number of amides is 1. The average molecular weight is 499 g/mol. The van der Waals surface area contributed by atoms with Crippen molar-refractivity contribution in [2.24, 2.45) is 5.92 Å². The number of carbonyl (C=O) groups excluding carboxylic acids is 1. The molecule has 1 amide bonds. The van der Waals surface area contributed by atoms with Crippen LogP contribution in [0.1, 0.15) is 6.42 Å². The SMILES string of the molecule is O=C(C=CC1CC(F)(F)C1(F)F)Nc1c(S(=O)(=O)O)ccc2c(O)cc(S(=O)(=O)O)cc12. The molecule has 0 bridgehead atoms. The van der Waals surface area contributed by atoms with Gasteiger partial charge in [0.05, 0.1) is 16.5 Å². The molecule has 1 saturated carbocycles. The first-order chi connectivity index (χ1) is 14.4. The maximum atomic E-state index is 13.3. The minimum atomic E-state index is -5.04. The lowest BCUT2D eigenvalue weighted by Gasteiger charge is -2.42. The molecule has 1 fully saturated rings. The molecule has 32 heavy (non-hydrogen) atoms. The molecule has 1 aliphatic carbocycles. The summed E-state index contributed by atoms with van der Waals surface area (Å²) in [7, 11) is -9.95. The molecule has 174 valence electrons. The number of alkyl halides is 4. The number of anilines is 1. The lowest BCUT2D eigenvalue weighted by molar-refractivity contribution is -0.301. The van der Waals surface area contributed by atoms with Crippen LogP contribution in [0.3, 0.4) is 0 Å². The highest BCUT2D eigenvalue weighted by molar-refractivity contribution is 7.86. The maximum Gasteiger partial charge on any atom is 0.316 e. The van der Waals surface area contributed by atoms with E-state index in [4.69, 9.17) is 0 Å². The molecular formula is C17H13F4NO8S2. The van der Waals surface area contributed by atoms with Gasteiger partial charge in [0.15, 0.2) is 0 Å². The van der Waals surface area contributed by atoms with Gasteiger partial charge in [0.1, 0.15) is 10.6 Å². The second-order valence-electron chi connectivity index (χ2n) is 6.91. The molecule has 15 heteroatoms. The minimum absolute atomic E-state index is 0.214. The number of halogens is 4. The van der Waals surface area contributed by atoms with Crippen molar-refractivity contribution in [3.05, 3.63) is 36.4 Å². The summed E-state index contributed by atoms with van der Waals surface area (Å²) in [6.45, 7) is 0. The number of benzene rings is 2. The molecule has 3 rings (SSSR count). The number of hydrogen-bond acceptors (Lipinski definition) is 6. The molecule has 0 spiro atoms. The van der Waals surface area contributed by atoms with Gasteiger partial charge in [-0.25, -0.2) is 0 Å². The molecule has 1 unspecified atom stereocenters. The monoisotopic (exact) mass is 499 g/mol. The Morgan fingerprint density at radius 2 is 1.66 bits per heavy atom. The molecule has 9 nitrogen and oxygen atoms in total. The molecule has 0 aliphatic heterocycles. The maximum absolute atomic E-state index is 13.3. The van der Waals surface area contributed by atoms with Crippen molar-refractivity contribution in [2.45, 2.75) is 28.1 Å². The van der Waals surface area contributed by atoms with Crippen molar-refractivity contribution in [1.29, 1.82) is 0 Å². The number of allylic oxidation sites excluding steroid dienone is 1. The molecule has 1 aliphatic rings. The van der Waals surface area contributed by atoms with E-state index in [1.54, 1.807) is 0 Å². The largest absolute Gasteiger partial charge is 0.507 e. The Kier molecular flexibility index (Phi) is 5.53. The molecule has 0 heterocycles. The zero-order valence-electron chi connectivity index (χ0n) is 15.5. The summed E-state index contributed by atoms with van der Waals surface area (Å²) >= 11 is 0. The zero-order chi connectivity index (χ0) is 24.3. The first-order valence-corrected chi connectivity index (χ1v) is 11.3. The second-order valence-corrected chi connectivity index (χ2v) is 9.72. The second kappa shape index (κ2) is 7.40. The van der Waals surface area contributed by atoms with Crippen molar-refractivity contribution in [2.75, 3.05) is 5.32 Å². The van der Waals surface area contributed by atoms with Gasteiger partial charge in [-0.05, 0) is 24.3 Å². The van der Waals surface area contributed by atoms with Gasteiger partial charge in [0.25, 0.3) is 20.2 Å². The number of aromatic hydroxyl groups is 1. The Hall–Kier alpha value is -2.75. The number of fused-ring (bicyclic) bond motifs is 1. The van der Waals surface area contributed by atoms with Crippen LogP contribution in [0.4, 0.5) is 23.2 Å². The normalized spacial score (nSPS) is 20.2. The lowest BCUT2D eigenvalue weighted by Crippen LogP contribution is -2.57. The number of hydrogen-bond donors (Lipinski definition) is 4. The molecule has 0 saturated heterocycles.